The molecule has 0 amide bonds. The SMILES string of the molecule is CCC(N)Cc1c(-c2ccccc2)nc2n1CCS2.Cl. The van der Waals surface area contributed by atoms with E-state index in [1.807, 2.05) is 17.8 Å². The van der Waals surface area contributed by atoms with Crippen molar-refractivity contribution >= 4 is 24.2 Å². The molecule has 1 aliphatic heterocycles. The first-order valence-corrected chi connectivity index (χ1v) is 7.81. The number of rotatable bonds is 4. The van der Waals surface area contributed by atoms with Gasteiger partial charge in [-0.3, -0.25) is 0 Å². The molecule has 108 valence electrons. The Kier molecular flexibility index (Phi) is 5.13. The van der Waals surface area contributed by atoms with Gasteiger partial charge in [0.25, 0.3) is 0 Å². The molecular weight excluding hydrogens is 290 g/mol. The van der Waals surface area contributed by atoms with Crippen LogP contribution in [0.3, 0.4) is 0 Å². The summed E-state index contributed by atoms with van der Waals surface area (Å²) in [6.45, 7) is 3.20. The highest BCUT2D eigenvalue weighted by molar-refractivity contribution is 7.99. The summed E-state index contributed by atoms with van der Waals surface area (Å²) >= 11 is 1.84. The zero-order valence-corrected chi connectivity index (χ0v) is 13.2. The van der Waals surface area contributed by atoms with Crippen molar-refractivity contribution in [2.45, 2.75) is 37.5 Å². The van der Waals surface area contributed by atoms with Crippen molar-refractivity contribution in [3.8, 4) is 11.3 Å². The first-order chi connectivity index (χ1) is 9.29. The second kappa shape index (κ2) is 6.66. The Morgan fingerprint density at radius 3 is 2.80 bits per heavy atom. The van der Waals surface area contributed by atoms with E-state index in [4.69, 9.17) is 10.7 Å². The van der Waals surface area contributed by atoms with Crippen LogP contribution in [0.2, 0.25) is 0 Å². The number of aromatic nitrogens is 2. The van der Waals surface area contributed by atoms with E-state index in [0.717, 1.165) is 36.0 Å². The lowest BCUT2D eigenvalue weighted by molar-refractivity contribution is 0.595. The van der Waals surface area contributed by atoms with Crippen molar-refractivity contribution in [3.05, 3.63) is 36.0 Å². The van der Waals surface area contributed by atoms with Crippen LogP contribution in [0.4, 0.5) is 0 Å². The lowest BCUT2D eigenvalue weighted by atomic mass is 10.0. The van der Waals surface area contributed by atoms with Gasteiger partial charge in [0.05, 0.1) is 5.69 Å². The smallest absolute Gasteiger partial charge is 0.168 e. The van der Waals surface area contributed by atoms with Gasteiger partial charge in [0.1, 0.15) is 0 Å². The third kappa shape index (κ3) is 2.87. The number of fused-ring (bicyclic) bond motifs is 1. The van der Waals surface area contributed by atoms with Crippen LogP contribution in [0.25, 0.3) is 11.3 Å². The Labute approximate surface area is 130 Å². The molecule has 1 unspecified atom stereocenters. The van der Waals surface area contributed by atoms with Gasteiger partial charge < -0.3 is 10.3 Å². The zero-order valence-electron chi connectivity index (χ0n) is 11.6. The maximum absolute atomic E-state index is 6.16. The molecule has 3 nitrogen and oxygen atoms in total. The number of nitrogens with two attached hydrogens (primary N) is 1. The molecular formula is C15H20ClN3S. The van der Waals surface area contributed by atoms with E-state index in [2.05, 4.69) is 35.8 Å². The molecule has 2 N–H and O–H groups in total. The molecule has 0 bridgehead atoms. The Bertz CT molecular complexity index is 568. The highest BCUT2D eigenvalue weighted by Gasteiger charge is 2.23. The quantitative estimate of drug-likeness (QED) is 0.942. The molecule has 20 heavy (non-hydrogen) atoms. The summed E-state index contributed by atoms with van der Waals surface area (Å²) in [6, 6.07) is 10.6. The molecule has 1 aromatic carbocycles. The van der Waals surface area contributed by atoms with Gasteiger partial charge in [0.15, 0.2) is 5.16 Å². The molecule has 1 aliphatic rings. The van der Waals surface area contributed by atoms with Crippen LogP contribution < -0.4 is 5.73 Å². The Hall–Kier alpha value is -0.970. The highest BCUT2D eigenvalue weighted by Crippen LogP contribution is 2.33. The highest BCUT2D eigenvalue weighted by atomic mass is 35.5. The molecule has 0 spiro atoms. The zero-order chi connectivity index (χ0) is 13.2. The fourth-order valence-electron chi connectivity index (χ4n) is 2.46. The molecule has 0 fully saturated rings. The average Bonchev–Trinajstić information content (AvgIpc) is 3.02. The maximum atomic E-state index is 6.16. The van der Waals surface area contributed by atoms with Gasteiger partial charge in [-0.25, -0.2) is 4.98 Å². The van der Waals surface area contributed by atoms with Crippen LogP contribution in [0.1, 0.15) is 19.0 Å². The number of benzene rings is 1. The number of thioether (sulfide) groups is 1. The second-order valence-corrected chi connectivity index (χ2v) is 5.99. The lowest BCUT2D eigenvalue weighted by Gasteiger charge is -2.12. The van der Waals surface area contributed by atoms with E-state index >= 15 is 0 Å². The third-order valence-corrected chi connectivity index (χ3v) is 4.57. The van der Waals surface area contributed by atoms with Gasteiger partial charge in [-0.1, -0.05) is 49.0 Å². The molecule has 0 saturated carbocycles. The van der Waals surface area contributed by atoms with Crippen LogP contribution in [-0.2, 0) is 13.0 Å². The molecule has 2 aromatic rings. The minimum atomic E-state index is 0. The van der Waals surface area contributed by atoms with Crippen molar-refractivity contribution in [1.82, 2.24) is 9.55 Å². The lowest BCUT2D eigenvalue weighted by Crippen LogP contribution is -2.23. The van der Waals surface area contributed by atoms with Crippen LogP contribution in [0.15, 0.2) is 35.5 Å². The molecule has 0 radical (unpaired) electrons. The van der Waals surface area contributed by atoms with E-state index in [1.165, 1.54) is 11.3 Å². The minimum Gasteiger partial charge on any atom is -0.327 e. The van der Waals surface area contributed by atoms with Gasteiger partial charge in [0.2, 0.25) is 0 Å². The van der Waals surface area contributed by atoms with E-state index in [0.29, 0.717) is 0 Å². The van der Waals surface area contributed by atoms with Gasteiger partial charge in [-0.2, -0.15) is 0 Å². The molecule has 1 aromatic heterocycles. The van der Waals surface area contributed by atoms with Gasteiger partial charge in [0, 0.05) is 36.0 Å². The van der Waals surface area contributed by atoms with Crippen LogP contribution >= 0.6 is 24.2 Å². The summed E-state index contributed by atoms with van der Waals surface area (Å²) in [5, 5.41) is 1.15. The van der Waals surface area contributed by atoms with Crippen molar-refractivity contribution < 1.29 is 0 Å². The van der Waals surface area contributed by atoms with Crippen LogP contribution in [0.5, 0.6) is 0 Å². The second-order valence-electron chi connectivity index (χ2n) is 4.93. The number of hydrogen-bond donors (Lipinski definition) is 1. The largest absolute Gasteiger partial charge is 0.327 e. The van der Waals surface area contributed by atoms with E-state index in [9.17, 15) is 0 Å². The van der Waals surface area contributed by atoms with Gasteiger partial charge in [-0.15, -0.1) is 12.4 Å². The Morgan fingerprint density at radius 1 is 1.35 bits per heavy atom. The summed E-state index contributed by atoms with van der Waals surface area (Å²) in [5.74, 6) is 1.13. The predicted molar refractivity (Wildman–Crippen MR) is 87.6 cm³/mol. The van der Waals surface area contributed by atoms with Crippen molar-refractivity contribution in [1.29, 1.82) is 0 Å². The van der Waals surface area contributed by atoms with Gasteiger partial charge in [-0.05, 0) is 6.42 Å². The molecule has 1 atom stereocenters. The normalized spacial score (nSPS) is 14.7. The topological polar surface area (TPSA) is 43.8 Å². The predicted octanol–water partition coefficient (Wildman–Crippen LogP) is 3.36. The van der Waals surface area contributed by atoms with E-state index in [-0.39, 0.29) is 18.4 Å². The number of halogens is 1. The summed E-state index contributed by atoms with van der Waals surface area (Å²) in [6.07, 6.45) is 1.91. The standard InChI is InChI=1S/C15H19N3S.ClH/c1-2-12(16)10-13-14(11-6-4-3-5-7-11)17-15-18(13)8-9-19-15;/h3-7,12H,2,8-10,16H2,1H3;1H. The third-order valence-electron chi connectivity index (χ3n) is 3.61. The Balaban J connectivity index is 0.00000147. The first kappa shape index (κ1) is 15.4. The fraction of sp³-hybridized carbons (Fsp3) is 0.400. The molecule has 0 saturated heterocycles. The number of imidazole rings is 1. The van der Waals surface area contributed by atoms with Crippen molar-refractivity contribution in [2.24, 2.45) is 5.73 Å². The number of nitrogens with zero attached hydrogens (tertiary/aromatic N) is 2. The Morgan fingerprint density at radius 2 is 2.10 bits per heavy atom. The van der Waals surface area contributed by atoms with Gasteiger partial charge >= 0.3 is 0 Å². The molecule has 3 rings (SSSR count). The molecule has 0 aliphatic carbocycles. The van der Waals surface area contributed by atoms with Crippen molar-refractivity contribution in [2.75, 3.05) is 5.75 Å². The molecule has 2 heterocycles. The summed E-state index contributed by atoms with van der Waals surface area (Å²) in [4.78, 5) is 4.82. The summed E-state index contributed by atoms with van der Waals surface area (Å²) in [7, 11) is 0. The summed E-state index contributed by atoms with van der Waals surface area (Å²) < 4.78 is 2.35. The maximum Gasteiger partial charge on any atom is 0.168 e. The fourth-order valence-corrected chi connectivity index (χ4v) is 3.43. The number of hydrogen-bond acceptors (Lipinski definition) is 3. The van der Waals surface area contributed by atoms with E-state index in [1.54, 1.807) is 0 Å². The average molecular weight is 310 g/mol. The molecule has 5 heteroatoms. The van der Waals surface area contributed by atoms with Crippen LogP contribution in [-0.4, -0.2) is 21.3 Å². The van der Waals surface area contributed by atoms with Crippen LogP contribution in [0, 0.1) is 0 Å². The monoisotopic (exact) mass is 309 g/mol. The summed E-state index contributed by atoms with van der Waals surface area (Å²) in [5.41, 5.74) is 9.78. The first-order valence-electron chi connectivity index (χ1n) is 6.82. The van der Waals surface area contributed by atoms with E-state index < -0.39 is 0 Å². The van der Waals surface area contributed by atoms with Crippen molar-refractivity contribution in [3.63, 3.8) is 0 Å². The minimum absolute atomic E-state index is 0.